The second-order valence-corrected chi connectivity index (χ2v) is 6.74. The lowest BCUT2D eigenvalue weighted by molar-refractivity contribution is 0.0636. The van der Waals surface area contributed by atoms with Crippen LogP contribution in [0, 0.1) is 0 Å². The lowest BCUT2D eigenvalue weighted by Crippen LogP contribution is -2.28. The first-order chi connectivity index (χ1) is 9.26. The van der Waals surface area contributed by atoms with Gasteiger partial charge in [0.2, 0.25) is 0 Å². The average Bonchev–Trinajstić information content (AvgIpc) is 3.07. The van der Waals surface area contributed by atoms with Gasteiger partial charge in [0.15, 0.2) is 0 Å². The van der Waals surface area contributed by atoms with E-state index in [1.54, 1.807) is 6.07 Å². The molecule has 0 aliphatic heterocycles. The molecule has 1 aromatic carbocycles. The van der Waals surface area contributed by atoms with Crippen LogP contribution in [0.4, 0.5) is 10.5 Å². The van der Waals surface area contributed by atoms with Gasteiger partial charge in [-0.1, -0.05) is 17.7 Å². The van der Waals surface area contributed by atoms with Gasteiger partial charge in [-0.15, -0.1) is 0 Å². The van der Waals surface area contributed by atoms with Crippen molar-refractivity contribution in [2.24, 2.45) is 5.73 Å². The van der Waals surface area contributed by atoms with Crippen molar-refractivity contribution in [2.75, 3.05) is 11.9 Å². The fraction of sp³-hybridized carbons (Fsp3) is 0.533. The van der Waals surface area contributed by atoms with Crippen LogP contribution in [0.5, 0.6) is 0 Å². The molecule has 0 aromatic heterocycles. The van der Waals surface area contributed by atoms with E-state index < -0.39 is 11.7 Å². The first kappa shape index (κ1) is 15.1. The predicted octanol–water partition coefficient (Wildman–Crippen LogP) is 3.68. The largest absolute Gasteiger partial charge is 0.444 e. The topological polar surface area (TPSA) is 64.3 Å². The van der Waals surface area contributed by atoms with Crippen LogP contribution in [0.2, 0.25) is 5.02 Å². The number of ether oxygens (including phenoxy) is 1. The van der Waals surface area contributed by atoms with Crippen LogP contribution < -0.4 is 11.1 Å². The molecule has 1 aliphatic carbocycles. The summed E-state index contributed by atoms with van der Waals surface area (Å²) in [5, 5.41) is 3.36. The van der Waals surface area contributed by atoms with Crippen LogP contribution in [0.25, 0.3) is 0 Å². The highest BCUT2D eigenvalue weighted by Gasteiger charge is 2.44. The first-order valence-corrected chi connectivity index (χ1v) is 7.14. The number of anilines is 1. The molecule has 0 bridgehead atoms. The van der Waals surface area contributed by atoms with Gasteiger partial charge in [-0.05, 0) is 51.3 Å². The molecule has 1 aromatic rings. The van der Waals surface area contributed by atoms with E-state index in [-0.39, 0.29) is 5.41 Å². The highest BCUT2D eigenvalue weighted by Crippen LogP contribution is 2.50. The fourth-order valence-corrected chi connectivity index (χ4v) is 2.40. The number of hydrogen-bond acceptors (Lipinski definition) is 3. The van der Waals surface area contributed by atoms with Gasteiger partial charge in [-0.2, -0.15) is 0 Å². The number of benzene rings is 1. The zero-order valence-corrected chi connectivity index (χ0v) is 12.9. The number of carbonyl (C=O) groups is 1. The molecule has 0 spiro atoms. The maximum atomic E-state index is 11.9. The molecule has 1 saturated carbocycles. The minimum Gasteiger partial charge on any atom is -0.444 e. The lowest BCUT2D eigenvalue weighted by Gasteiger charge is -2.22. The van der Waals surface area contributed by atoms with Crippen LogP contribution >= 0.6 is 11.6 Å². The molecular formula is C15H21ClN2O2. The minimum absolute atomic E-state index is 0.0189. The molecule has 2 rings (SSSR count). The number of amides is 1. The molecule has 0 atom stereocenters. The molecule has 1 aliphatic rings. The SMILES string of the molecule is CC(C)(C)OC(=O)Nc1cc(Cl)ccc1C1(CN)CC1. The smallest absolute Gasteiger partial charge is 0.412 e. The summed E-state index contributed by atoms with van der Waals surface area (Å²) in [7, 11) is 0. The highest BCUT2D eigenvalue weighted by atomic mass is 35.5. The van der Waals surface area contributed by atoms with E-state index in [4.69, 9.17) is 22.1 Å². The molecule has 1 amide bonds. The van der Waals surface area contributed by atoms with E-state index in [0.29, 0.717) is 17.3 Å². The third kappa shape index (κ3) is 3.44. The van der Waals surface area contributed by atoms with Gasteiger partial charge in [0, 0.05) is 22.7 Å². The van der Waals surface area contributed by atoms with Crippen LogP contribution in [-0.2, 0) is 10.2 Å². The van der Waals surface area contributed by atoms with Crippen molar-refractivity contribution in [2.45, 2.75) is 44.6 Å². The number of halogens is 1. The Bertz CT molecular complexity index is 519. The summed E-state index contributed by atoms with van der Waals surface area (Å²) in [4.78, 5) is 11.9. The van der Waals surface area contributed by atoms with Crippen LogP contribution in [0.1, 0.15) is 39.2 Å². The third-order valence-electron chi connectivity index (χ3n) is 3.43. The van der Waals surface area contributed by atoms with Crippen molar-refractivity contribution in [3.05, 3.63) is 28.8 Å². The van der Waals surface area contributed by atoms with Gasteiger partial charge >= 0.3 is 6.09 Å². The van der Waals surface area contributed by atoms with Crippen molar-refractivity contribution in [1.29, 1.82) is 0 Å². The number of carbonyl (C=O) groups excluding carboxylic acids is 1. The molecule has 20 heavy (non-hydrogen) atoms. The van der Waals surface area contributed by atoms with Gasteiger partial charge in [0.25, 0.3) is 0 Å². The van der Waals surface area contributed by atoms with Crippen molar-refractivity contribution in [3.8, 4) is 0 Å². The van der Waals surface area contributed by atoms with Crippen molar-refractivity contribution < 1.29 is 9.53 Å². The van der Waals surface area contributed by atoms with Gasteiger partial charge in [-0.3, -0.25) is 5.32 Å². The average molecular weight is 297 g/mol. The fourth-order valence-electron chi connectivity index (χ4n) is 2.23. The highest BCUT2D eigenvalue weighted by molar-refractivity contribution is 6.31. The predicted molar refractivity (Wildman–Crippen MR) is 81.3 cm³/mol. The number of rotatable bonds is 3. The van der Waals surface area contributed by atoms with E-state index in [1.165, 1.54) is 0 Å². The molecule has 5 heteroatoms. The molecule has 3 N–H and O–H groups in total. The quantitative estimate of drug-likeness (QED) is 0.894. The van der Waals surface area contributed by atoms with Gasteiger partial charge in [0.1, 0.15) is 5.60 Å². The Hall–Kier alpha value is -1.26. The number of hydrogen-bond donors (Lipinski definition) is 2. The van der Waals surface area contributed by atoms with Crippen LogP contribution in [0.15, 0.2) is 18.2 Å². The summed E-state index contributed by atoms with van der Waals surface area (Å²) in [5.74, 6) is 0. The van der Waals surface area contributed by atoms with Crippen molar-refractivity contribution in [1.82, 2.24) is 0 Å². The molecule has 1 fully saturated rings. The number of nitrogens with two attached hydrogens (primary N) is 1. The van der Waals surface area contributed by atoms with Gasteiger partial charge in [0.05, 0.1) is 0 Å². The molecule has 0 radical (unpaired) electrons. The molecule has 110 valence electrons. The third-order valence-corrected chi connectivity index (χ3v) is 3.67. The second-order valence-electron chi connectivity index (χ2n) is 6.30. The minimum atomic E-state index is -0.534. The molecule has 0 unspecified atom stereocenters. The first-order valence-electron chi connectivity index (χ1n) is 6.76. The summed E-state index contributed by atoms with van der Waals surface area (Å²) < 4.78 is 5.28. The van der Waals surface area contributed by atoms with Crippen molar-refractivity contribution in [3.63, 3.8) is 0 Å². The van der Waals surface area contributed by atoms with Crippen LogP contribution in [-0.4, -0.2) is 18.2 Å². The van der Waals surface area contributed by atoms with E-state index >= 15 is 0 Å². The summed E-state index contributed by atoms with van der Waals surface area (Å²) in [6, 6.07) is 5.51. The summed E-state index contributed by atoms with van der Waals surface area (Å²) in [5.41, 5.74) is 7.04. The Labute approximate surface area is 124 Å². The molecule has 0 saturated heterocycles. The van der Waals surface area contributed by atoms with E-state index in [2.05, 4.69) is 5.32 Å². The molecular weight excluding hydrogens is 276 g/mol. The standard InChI is InChI=1S/C15H21ClN2O2/c1-14(2,3)20-13(19)18-12-8-10(16)4-5-11(12)15(9-17)6-7-15/h4-5,8H,6-7,9,17H2,1-3H3,(H,18,19). The van der Waals surface area contributed by atoms with Crippen molar-refractivity contribution >= 4 is 23.4 Å². The molecule has 0 heterocycles. The second kappa shape index (κ2) is 5.26. The van der Waals surface area contributed by atoms with Crippen LogP contribution in [0.3, 0.4) is 0 Å². The summed E-state index contributed by atoms with van der Waals surface area (Å²) in [6.07, 6.45) is 1.59. The Morgan fingerprint density at radius 1 is 1.45 bits per heavy atom. The normalized spacial score (nSPS) is 16.6. The van der Waals surface area contributed by atoms with E-state index in [0.717, 1.165) is 18.4 Å². The monoisotopic (exact) mass is 296 g/mol. The maximum absolute atomic E-state index is 11.9. The zero-order valence-electron chi connectivity index (χ0n) is 12.1. The Morgan fingerprint density at radius 2 is 2.10 bits per heavy atom. The number of nitrogens with one attached hydrogen (secondary N) is 1. The van der Waals surface area contributed by atoms with Gasteiger partial charge < -0.3 is 10.5 Å². The Morgan fingerprint density at radius 3 is 2.60 bits per heavy atom. The molecule has 4 nitrogen and oxygen atoms in total. The van der Waals surface area contributed by atoms with Gasteiger partial charge in [-0.25, -0.2) is 4.79 Å². The lowest BCUT2D eigenvalue weighted by atomic mass is 9.94. The maximum Gasteiger partial charge on any atom is 0.412 e. The van der Waals surface area contributed by atoms with E-state index in [9.17, 15) is 4.79 Å². The Kier molecular flexibility index (Phi) is 3.98. The Balaban J connectivity index is 2.23. The summed E-state index contributed by atoms with van der Waals surface area (Å²) >= 11 is 6.02. The summed E-state index contributed by atoms with van der Waals surface area (Å²) in [6.45, 7) is 6.05. The van der Waals surface area contributed by atoms with E-state index in [1.807, 2.05) is 32.9 Å². The zero-order chi connectivity index (χ0) is 15.0.